The second kappa shape index (κ2) is 6.38. The molecule has 3 unspecified atom stereocenters. The molecule has 1 N–H and O–H groups in total. The molecule has 3 aliphatic rings. The average Bonchev–Trinajstić information content (AvgIpc) is 3.22. The zero-order valence-corrected chi connectivity index (χ0v) is 11.7. The highest BCUT2D eigenvalue weighted by atomic mass is 16.5. The highest BCUT2D eigenvalue weighted by molar-refractivity contribution is 4.86. The van der Waals surface area contributed by atoms with E-state index in [0.717, 1.165) is 43.6 Å². The van der Waals surface area contributed by atoms with Crippen molar-refractivity contribution in [2.75, 3.05) is 19.8 Å². The van der Waals surface area contributed by atoms with Gasteiger partial charge in [-0.25, -0.2) is 0 Å². The van der Waals surface area contributed by atoms with Crippen LogP contribution in [0, 0.1) is 17.8 Å². The van der Waals surface area contributed by atoms with Crippen molar-refractivity contribution in [1.29, 1.82) is 0 Å². The minimum absolute atomic E-state index is 0.786. The molecule has 0 heterocycles. The van der Waals surface area contributed by atoms with Crippen molar-refractivity contribution in [3.8, 4) is 0 Å². The number of rotatable bonds is 6. The zero-order chi connectivity index (χ0) is 12.2. The van der Waals surface area contributed by atoms with E-state index in [9.17, 15) is 0 Å². The third-order valence-electron chi connectivity index (χ3n) is 5.27. The molecule has 3 rings (SSSR count). The van der Waals surface area contributed by atoms with E-state index in [0.29, 0.717) is 0 Å². The molecular formula is C16H29NO. The molecule has 0 saturated heterocycles. The lowest BCUT2D eigenvalue weighted by atomic mass is 9.69. The second-order valence-electron chi connectivity index (χ2n) is 6.79. The molecule has 0 spiro atoms. The van der Waals surface area contributed by atoms with E-state index in [2.05, 4.69) is 5.32 Å². The molecule has 3 saturated carbocycles. The van der Waals surface area contributed by atoms with Crippen LogP contribution in [-0.2, 0) is 4.74 Å². The number of nitrogens with one attached hydrogen (secondary N) is 1. The standard InChI is InChI=1S/C16H29NO/c1-2-4-15-11-16(8-7-14(15)3-1)17-9-10-18-12-13-5-6-13/h13-17H,1-12H2. The van der Waals surface area contributed by atoms with Crippen molar-refractivity contribution < 1.29 is 4.74 Å². The summed E-state index contributed by atoms with van der Waals surface area (Å²) in [5.74, 6) is 3.02. The van der Waals surface area contributed by atoms with Gasteiger partial charge in [-0.05, 0) is 49.9 Å². The summed E-state index contributed by atoms with van der Waals surface area (Å²) in [7, 11) is 0. The maximum Gasteiger partial charge on any atom is 0.0591 e. The van der Waals surface area contributed by atoms with Gasteiger partial charge < -0.3 is 10.1 Å². The van der Waals surface area contributed by atoms with E-state index >= 15 is 0 Å². The Balaban J connectivity index is 1.28. The molecule has 18 heavy (non-hydrogen) atoms. The number of hydrogen-bond donors (Lipinski definition) is 1. The summed E-state index contributed by atoms with van der Waals surface area (Å²) < 4.78 is 5.69. The van der Waals surface area contributed by atoms with Crippen LogP contribution in [0.1, 0.15) is 57.8 Å². The van der Waals surface area contributed by atoms with Crippen molar-refractivity contribution in [2.24, 2.45) is 17.8 Å². The average molecular weight is 251 g/mol. The first-order chi connectivity index (χ1) is 8.92. The number of hydrogen-bond acceptors (Lipinski definition) is 2. The van der Waals surface area contributed by atoms with Gasteiger partial charge in [-0.3, -0.25) is 0 Å². The first-order valence-corrected chi connectivity index (χ1v) is 8.23. The predicted octanol–water partition coefficient (Wildman–Crippen LogP) is 3.36. The fourth-order valence-electron chi connectivity index (χ4n) is 3.93. The molecule has 3 aliphatic carbocycles. The Morgan fingerprint density at radius 1 is 0.889 bits per heavy atom. The lowest BCUT2D eigenvalue weighted by Gasteiger charge is -2.39. The van der Waals surface area contributed by atoms with Gasteiger partial charge in [0.2, 0.25) is 0 Å². The van der Waals surface area contributed by atoms with E-state index in [4.69, 9.17) is 4.74 Å². The van der Waals surface area contributed by atoms with Crippen molar-refractivity contribution in [1.82, 2.24) is 5.32 Å². The van der Waals surface area contributed by atoms with Crippen LogP contribution in [0.25, 0.3) is 0 Å². The first-order valence-electron chi connectivity index (χ1n) is 8.23. The van der Waals surface area contributed by atoms with Gasteiger partial charge in [0.15, 0.2) is 0 Å². The van der Waals surface area contributed by atoms with Crippen LogP contribution in [-0.4, -0.2) is 25.8 Å². The van der Waals surface area contributed by atoms with Crippen molar-refractivity contribution in [2.45, 2.75) is 63.8 Å². The van der Waals surface area contributed by atoms with E-state index in [1.165, 1.54) is 57.8 Å². The van der Waals surface area contributed by atoms with Crippen molar-refractivity contribution in [3.05, 3.63) is 0 Å². The summed E-state index contributed by atoms with van der Waals surface area (Å²) in [5.41, 5.74) is 0. The van der Waals surface area contributed by atoms with Crippen LogP contribution < -0.4 is 5.32 Å². The largest absolute Gasteiger partial charge is 0.380 e. The summed E-state index contributed by atoms with van der Waals surface area (Å²) >= 11 is 0. The van der Waals surface area contributed by atoms with Crippen molar-refractivity contribution >= 4 is 0 Å². The molecule has 2 heteroatoms. The molecule has 3 fully saturated rings. The van der Waals surface area contributed by atoms with Gasteiger partial charge in [0, 0.05) is 19.2 Å². The molecule has 2 nitrogen and oxygen atoms in total. The molecular weight excluding hydrogens is 222 g/mol. The topological polar surface area (TPSA) is 21.3 Å². The van der Waals surface area contributed by atoms with Crippen LogP contribution >= 0.6 is 0 Å². The van der Waals surface area contributed by atoms with E-state index in [-0.39, 0.29) is 0 Å². The molecule has 0 aromatic carbocycles. The van der Waals surface area contributed by atoms with E-state index in [1.807, 2.05) is 0 Å². The molecule has 0 aromatic heterocycles. The van der Waals surface area contributed by atoms with Gasteiger partial charge in [0.1, 0.15) is 0 Å². The Kier molecular flexibility index (Phi) is 4.58. The third kappa shape index (κ3) is 3.71. The quantitative estimate of drug-likeness (QED) is 0.731. The third-order valence-corrected chi connectivity index (χ3v) is 5.27. The fraction of sp³-hybridized carbons (Fsp3) is 1.00. The molecule has 0 aliphatic heterocycles. The Hall–Kier alpha value is -0.0800. The molecule has 0 bridgehead atoms. The summed E-state index contributed by atoms with van der Waals surface area (Å²) in [6.07, 6.45) is 13.1. The van der Waals surface area contributed by atoms with Gasteiger partial charge in [0.05, 0.1) is 6.61 Å². The maximum absolute atomic E-state index is 5.69. The van der Waals surface area contributed by atoms with Gasteiger partial charge in [-0.2, -0.15) is 0 Å². The van der Waals surface area contributed by atoms with Crippen molar-refractivity contribution in [3.63, 3.8) is 0 Å². The van der Waals surface area contributed by atoms with Crippen LogP contribution in [0.2, 0.25) is 0 Å². The summed E-state index contributed by atoms with van der Waals surface area (Å²) in [6, 6.07) is 0.786. The SMILES string of the molecule is C1CCC2CC(NCCOCC3CC3)CCC2C1. The molecule has 0 radical (unpaired) electrons. The Morgan fingerprint density at radius 3 is 2.56 bits per heavy atom. The normalized spacial score (nSPS) is 36.3. The highest BCUT2D eigenvalue weighted by Gasteiger charge is 2.31. The minimum Gasteiger partial charge on any atom is -0.380 e. The zero-order valence-electron chi connectivity index (χ0n) is 11.7. The van der Waals surface area contributed by atoms with E-state index < -0.39 is 0 Å². The minimum atomic E-state index is 0.786. The second-order valence-corrected chi connectivity index (χ2v) is 6.79. The molecule has 0 amide bonds. The Bertz CT molecular complexity index is 251. The lowest BCUT2D eigenvalue weighted by Crippen LogP contribution is -2.40. The fourth-order valence-corrected chi connectivity index (χ4v) is 3.93. The number of ether oxygens (including phenoxy) is 1. The summed E-state index contributed by atoms with van der Waals surface area (Å²) in [5, 5.41) is 3.72. The highest BCUT2D eigenvalue weighted by Crippen LogP contribution is 2.40. The van der Waals surface area contributed by atoms with Crippen LogP contribution in [0.15, 0.2) is 0 Å². The van der Waals surface area contributed by atoms with Crippen LogP contribution in [0.3, 0.4) is 0 Å². The smallest absolute Gasteiger partial charge is 0.0591 e. The predicted molar refractivity (Wildman–Crippen MR) is 74.6 cm³/mol. The molecule has 0 aromatic rings. The Labute approximate surface area is 112 Å². The Morgan fingerprint density at radius 2 is 1.72 bits per heavy atom. The van der Waals surface area contributed by atoms with Gasteiger partial charge in [-0.1, -0.05) is 25.7 Å². The van der Waals surface area contributed by atoms with E-state index in [1.54, 1.807) is 0 Å². The van der Waals surface area contributed by atoms with Gasteiger partial charge >= 0.3 is 0 Å². The molecule has 3 atom stereocenters. The number of fused-ring (bicyclic) bond motifs is 1. The van der Waals surface area contributed by atoms with Crippen LogP contribution in [0.5, 0.6) is 0 Å². The monoisotopic (exact) mass is 251 g/mol. The molecule has 104 valence electrons. The maximum atomic E-state index is 5.69. The van der Waals surface area contributed by atoms with Gasteiger partial charge in [-0.15, -0.1) is 0 Å². The van der Waals surface area contributed by atoms with Crippen LogP contribution in [0.4, 0.5) is 0 Å². The first kappa shape index (κ1) is 12.9. The lowest BCUT2D eigenvalue weighted by molar-refractivity contribution is 0.111. The summed E-state index contributed by atoms with van der Waals surface area (Å²) in [4.78, 5) is 0. The summed E-state index contributed by atoms with van der Waals surface area (Å²) in [6.45, 7) is 2.99. The van der Waals surface area contributed by atoms with Gasteiger partial charge in [0.25, 0.3) is 0 Å².